The fraction of sp³-hybridized carbons (Fsp3) is 0.261. The van der Waals surface area contributed by atoms with Crippen LogP contribution in [0.2, 0.25) is 0 Å². The van der Waals surface area contributed by atoms with Gasteiger partial charge in [-0.15, -0.1) is 0 Å². The zero-order valence-corrected chi connectivity index (χ0v) is 18.4. The highest BCUT2D eigenvalue weighted by molar-refractivity contribution is 7.80. The number of nitro groups is 1. The monoisotopic (exact) mass is 452 g/mol. The Morgan fingerprint density at radius 3 is 2.44 bits per heavy atom. The van der Waals surface area contributed by atoms with Crippen molar-refractivity contribution >= 4 is 46.6 Å². The van der Waals surface area contributed by atoms with Gasteiger partial charge < -0.3 is 10.2 Å². The normalized spacial score (nSPS) is 14.2. The van der Waals surface area contributed by atoms with Gasteiger partial charge in [0, 0.05) is 31.3 Å². The van der Waals surface area contributed by atoms with Gasteiger partial charge in [0.05, 0.1) is 16.2 Å². The van der Waals surface area contributed by atoms with Crippen molar-refractivity contribution in [3.05, 3.63) is 75.8 Å². The lowest BCUT2D eigenvalue weighted by molar-refractivity contribution is -0.384. The maximum atomic E-state index is 13.0. The number of carbonyl (C=O) groups excluding carboxylic acids is 2. The van der Waals surface area contributed by atoms with Crippen LogP contribution in [-0.2, 0) is 4.79 Å². The lowest BCUT2D eigenvalue weighted by atomic mass is 9.98. The highest BCUT2D eigenvalue weighted by Gasteiger charge is 2.23. The minimum atomic E-state index is -0.487. The van der Waals surface area contributed by atoms with E-state index in [0.29, 0.717) is 22.7 Å². The minimum Gasteiger partial charge on any atom is -0.339 e. The van der Waals surface area contributed by atoms with Crippen LogP contribution in [0.4, 0.5) is 11.4 Å². The molecule has 1 aliphatic rings. The van der Waals surface area contributed by atoms with Crippen molar-refractivity contribution in [3.8, 4) is 0 Å². The number of likely N-dealkylation sites (tertiary alicyclic amines) is 1. The molecule has 0 spiro atoms. The molecule has 3 rings (SSSR count). The van der Waals surface area contributed by atoms with Gasteiger partial charge in [-0.05, 0) is 66.9 Å². The standard InChI is InChI=1S/C23H24N4O4S/c1-16-12-14-26(15-13-16)22(29)19-4-2-3-5-20(19)24-23(32)25-21(28)11-8-17-6-9-18(10-7-17)27(30)31/h2-11,16H,12-15H2,1H3,(H2,24,25,28,32)/b11-8+. The van der Waals surface area contributed by atoms with E-state index in [9.17, 15) is 19.7 Å². The molecule has 1 fully saturated rings. The van der Waals surface area contributed by atoms with Crippen molar-refractivity contribution in [2.45, 2.75) is 19.8 Å². The average Bonchev–Trinajstić information content (AvgIpc) is 2.78. The van der Waals surface area contributed by atoms with Crippen molar-refractivity contribution in [1.82, 2.24) is 10.2 Å². The van der Waals surface area contributed by atoms with Crippen molar-refractivity contribution in [3.63, 3.8) is 0 Å². The summed E-state index contributed by atoms with van der Waals surface area (Å²) in [7, 11) is 0. The molecular formula is C23H24N4O4S. The number of para-hydroxylation sites is 1. The van der Waals surface area contributed by atoms with E-state index in [-0.39, 0.29) is 16.7 Å². The van der Waals surface area contributed by atoms with Crippen LogP contribution in [0.1, 0.15) is 35.7 Å². The number of rotatable bonds is 5. The van der Waals surface area contributed by atoms with Gasteiger partial charge in [-0.2, -0.15) is 0 Å². The molecule has 2 aromatic carbocycles. The summed E-state index contributed by atoms with van der Waals surface area (Å²) in [4.78, 5) is 37.2. The lowest BCUT2D eigenvalue weighted by Gasteiger charge is -2.30. The third kappa shape index (κ3) is 6.21. The number of nitro benzene ring substituents is 1. The number of anilines is 1. The van der Waals surface area contributed by atoms with E-state index in [1.54, 1.807) is 36.4 Å². The molecule has 0 radical (unpaired) electrons. The van der Waals surface area contributed by atoms with Crippen LogP contribution in [0.25, 0.3) is 6.08 Å². The first-order valence-corrected chi connectivity index (χ1v) is 10.7. The van der Waals surface area contributed by atoms with Crippen LogP contribution in [0, 0.1) is 16.0 Å². The van der Waals surface area contributed by atoms with Crippen LogP contribution in [0.5, 0.6) is 0 Å². The highest BCUT2D eigenvalue weighted by atomic mass is 32.1. The first-order chi connectivity index (χ1) is 15.3. The summed E-state index contributed by atoms with van der Waals surface area (Å²) in [5, 5.41) is 16.2. The third-order valence-electron chi connectivity index (χ3n) is 5.24. The SMILES string of the molecule is CC1CCN(C(=O)c2ccccc2NC(=S)NC(=O)/C=C/c2ccc([N+](=O)[O-])cc2)CC1. The number of piperidine rings is 1. The number of hydrogen-bond acceptors (Lipinski definition) is 5. The highest BCUT2D eigenvalue weighted by Crippen LogP contribution is 2.22. The number of carbonyl (C=O) groups is 2. The fourth-order valence-corrected chi connectivity index (χ4v) is 3.56. The zero-order chi connectivity index (χ0) is 23.1. The van der Waals surface area contributed by atoms with E-state index >= 15 is 0 Å². The van der Waals surface area contributed by atoms with Gasteiger partial charge in [0.2, 0.25) is 5.91 Å². The second-order valence-corrected chi connectivity index (χ2v) is 8.05. The van der Waals surface area contributed by atoms with E-state index in [1.807, 2.05) is 4.90 Å². The molecule has 2 N–H and O–H groups in total. The van der Waals surface area contributed by atoms with E-state index in [0.717, 1.165) is 25.9 Å². The molecule has 1 saturated heterocycles. The number of amides is 2. The second-order valence-electron chi connectivity index (χ2n) is 7.65. The molecule has 166 valence electrons. The summed E-state index contributed by atoms with van der Waals surface area (Å²) in [5.74, 6) is 0.0936. The van der Waals surface area contributed by atoms with Crippen LogP contribution in [-0.4, -0.2) is 39.8 Å². The first kappa shape index (κ1) is 23.1. The number of non-ortho nitro benzene ring substituents is 1. The van der Waals surface area contributed by atoms with Crippen molar-refractivity contribution in [2.75, 3.05) is 18.4 Å². The van der Waals surface area contributed by atoms with Crippen LogP contribution in [0.15, 0.2) is 54.6 Å². The number of hydrogen-bond donors (Lipinski definition) is 2. The molecule has 9 heteroatoms. The average molecular weight is 453 g/mol. The number of thiocarbonyl (C=S) groups is 1. The molecule has 0 unspecified atom stereocenters. The summed E-state index contributed by atoms with van der Waals surface area (Å²) >= 11 is 5.23. The van der Waals surface area contributed by atoms with Gasteiger partial charge in [0.1, 0.15) is 0 Å². The fourth-order valence-electron chi connectivity index (χ4n) is 3.35. The van der Waals surface area contributed by atoms with Crippen molar-refractivity contribution < 1.29 is 14.5 Å². The Hall–Kier alpha value is -3.59. The molecule has 2 amide bonds. The number of nitrogens with zero attached hydrogens (tertiary/aromatic N) is 2. The van der Waals surface area contributed by atoms with Crippen molar-refractivity contribution in [2.24, 2.45) is 5.92 Å². The topological polar surface area (TPSA) is 105 Å². The summed E-state index contributed by atoms with van der Waals surface area (Å²) in [5.41, 5.74) is 1.64. The summed E-state index contributed by atoms with van der Waals surface area (Å²) in [6, 6.07) is 12.9. The molecule has 0 aliphatic carbocycles. The minimum absolute atomic E-state index is 0.0238. The van der Waals surface area contributed by atoms with Gasteiger partial charge in [-0.3, -0.25) is 25.0 Å². The predicted octanol–water partition coefficient (Wildman–Crippen LogP) is 3.99. The Morgan fingerprint density at radius 1 is 1.12 bits per heavy atom. The predicted molar refractivity (Wildman–Crippen MR) is 127 cm³/mol. The van der Waals surface area contributed by atoms with E-state index in [2.05, 4.69) is 17.6 Å². The van der Waals surface area contributed by atoms with Gasteiger partial charge in [-0.25, -0.2) is 0 Å². The molecule has 0 saturated carbocycles. The maximum Gasteiger partial charge on any atom is 0.269 e. The molecule has 0 aromatic heterocycles. The Balaban J connectivity index is 1.59. The van der Waals surface area contributed by atoms with E-state index < -0.39 is 10.8 Å². The smallest absolute Gasteiger partial charge is 0.269 e. The number of benzene rings is 2. The van der Waals surface area contributed by atoms with Crippen molar-refractivity contribution in [1.29, 1.82) is 0 Å². The number of nitrogens with one attached hydrogen (secondary N) is 2. The molecule has 0 atom stereocenters. The van der Waals surface area contributed by atoms with Gasteiger partial charge in [0.15, 0.2) is 5.11 Å². The van der Waals surface area contributed by atoms with E-state index in [1.165, 1.54) is 24.3 Å². The Bertz CT molecular complexity index is 1040. The molecule has 1 aliphatic heterocycles. The third-order valence-corrected chi connectivity index (χ3v) is 5.45. The van der Waals surface area contributed by atoms with Gasteiger partial charge in [-0.1, -0.05) is 19.1 Å². The molecule has 2 aromatic rings. The van der Waals surface area contributed by atoms with Crippen LogP contribution in [0.3, 0.4) is 0 Å². The summed E-state index contributed by atoms with van der Waals surface area (Å²) in [6.45, 7) is 3.64. The largest absolute Gasteiger partial charge is 0.339 e. The van der Waals surface area contributed by atoms with E-state index in [4.69, 9.17) is 12.2 Å². The first-order valence-electron chi connectivity index (χ1n) is 10.3. The van der Waals surface area contributed by atoms with Gasteiger partial charge in [0.25, 0.3) is 11.6 Å². The molecule has 32 heavy (non-hydrogen) atoms. The maximum absolute atomic E-state index is 13.0. The Kier molecular flexibility index (Phi) is 7.67. The molecule has 0 bridgehead atoms. The molecular weight excluding hydrogens is 428 g/mol. The van der Waals surface area contributed by atoms with Gasteiger partial charge >= 0.3 is 0 Å². The lowest BCUT2D eigenvalue weighted by Crippen LogP contribution is -2.39. The Morgan fingerprint density at radius 2 is 1.78 bits per heavy atom. The summed E-state index contributed by atoms with van der Waals surface area (Å²) < 4.78 is 0. The second kappa shape index (κ2) is 10.6. The quantitative estimate of drug-likeness (QED) is 0.308. The van der Waals surface area contributed by atoms with Crippen LogP contribution >= 0.6 is 12.2 Å². The molecule has 1 heterocycles. The zero-order valence-electron chi connectivity index (χ0n) is 17.6. The summed E-state index contributed by atoms with van der Waals surface area (Å²) in [6.07, 6.45) is 4.77. The molecule has 8 nitrogen and oxygen atoms in total. The van der Waals surface area contributed by atoms with Crippen LogP contribution < -0.4 is 10.6 Å². The Labute approximate surface area is 191 Å².